The zero-order valence-electron chi connectivity index (χ0n) is 10.7. The summed E-state index contributed by atoms with van der Waals surface area (Å²) in [5.74, 6) is -0.0846. The Morgan fingerprint density at radius 3 is 2.75 bits per heavy atom. The van der Waals surface area contributed by atoms with E-state index in [9.17, 15) is 4.79 Å². The monoisotopic (exact) mass is 289 g/mol. The first-order valence-electron chi connectivity index (χ1n) is 5.85. The Kier molecular flexibility index (Phi) is 4.38. The minimum absolute atomic E-state index is 0.392. The van der Waals surface area contributed by atoms with Crippen LogP contribution in [0.5, 0.6) is 11.6 Å². The number of carbonyl (C=O) groups is 1. The third-order valence-corrected chi connectivity index (χ3v) is 2.77. The number of benzene rings is 1. The summed E-state index contributed by atoms with van der Waals surface area (Å²) in [6, 6.07) is 8.84. The Morgan fingerprint density at radius 1 is 1.35 bits per heavy atom. The van der Waals surface area contributed by atoms with E-state index in [-0.39, 0.29) is 0 Å². The van der Waals surface area contributed by atoms with Crippen LogP contribution >= 0.6 is 11.6 Å². The largest absolute Gasteiger partial charge is 0.478 e. The van der Waals surface area contributed by atoms with Gasteiger partial charge in [-0.2, -0.15) is 0 Å². The van der Waals surface area contributed by atoms with Crippen molar-refractivity contribution in [1.82, 2.24) is 4.98 Å². The molecule has 1 aromatic carbocycles. The fourth-order valence-electron chi connectivity index (χ4n) is 1.52. The second-order valence-corrected chi connectivity index (χ2v) is 4.54. The molecule has 2 rings (SSSR count). The van der Waals surface area contributed by atoms with Crippen molar-refractivity contribution < 1.29 is 14.6 Å². The van der Waals surface area contributed by atoms with Gasteiger partial charge in [0.1, 0.15) is 5.75 Å². The molecule has 0 atom stereocenters. The first kappa shape index (κ1) is 14.1. The Balaban J connectivity index is 2.12. The summed E-state index contributed by atoms with van der Waals surface area (Å²) in [4.78, 5) is 14.5. The summed E-state index contributed by atoms with van der Waals surface area (Å²) in [5.41, 5.74) is 1.72. The Morgan fingerprint density at radius 2 is 2.15 bits per heavy atom. The number of pyridine rings is 1. The van der Waals surface area contributed by atoms with Crippen LogP contribution in [0, 0.1) is 6.92 Å². The number of rotatable bonds is 4. The fourth-order valence-corrected chi connectivity index (χ4v) is 1.79. The first-order valence-corrected chi connectivity index (χ1v) is 6.23. The van der Waals surface area contributed by atoms with Crippen molar-refractivity contribution in [2.24, 2.45) is 0 Å². The van der Waals surface area contributed by atoms with E-state index in [1.54, 1.807) is 24.3 Å². The van der Waals surface area contributed by atoms with Gasteiger partial charge in [0, 0.05) is 18.3 Å². The van der Waals surface area contributed by atoms with E-state index in [0.29, 0.717) is 22.2 Å². The van der Waals surface area contributed by atoms with Crippen LogP contribution in [0.2, 0.25) is 5.02 Å². The molecule has 0 aliphatic rings. The lowest BCUT2D eigenvalue weighted by Gasteiger charge is -2.07. The van der Waals surface area contributed by atoms with E-state index in [0.717, 1.165) is 11.6 Å². The summed E-state index contributed by atoms with van der Waals surface area (Å²) in [6.45, 7) is 1.94. The maximum absolute atomic E-state index is 10.4. The molecule has 0 spiro atoms. The standard InChI is InChI=1S/C15H12ClNO3/c1-10-2-5-13(12(16)8-10)20-14-6-3-11(9-17-14)4-7-15(18)19/h2-9H,1H3,(H,18,19)/b7-4+. The number of aryl methyl sites for hydroxylation is 1. The first-order chi connectivity index (χ1) is 9.54. The molecule has 20 heavy (non-hydrogen) atoms. The third kappa shape index (κ3) is 3.83. The average molecular weight is 290 g/mol. The molecule has 1 heterocycles. The molecule has 0 bridgehead atoms. The number of hydrogen-bond donors (Lipinski definition) is 1. The van der Waals surface area contributed by atoms with Crippen LogP contribution in [-0.4, -0.2) is 16.1 Å². The van der Waals surface area contributed by atoms with Crippen molar-refractivity contribution in [2.75, 3.05) is 0 Å². The quantitative estimate of drug-likeness (QED) is 0.866. The number of carboxylic acid groups (broad SMARTS) is 1. The van der Waals surface area contributed by atoms with Gasteiger partial charge in [0.15, 0.2) is 0 Å². The summed E-state index contributed by atoms with van der Waals surface area (Å²) >= 11 is 6.07. The number of aliphatic carboxylic acids is 1. The predicted octanol–water partition coefficient (Wildman–Crippen LogP) is 3.93. The highest BCUT2D eigenvalue weighted by molar-refractivity contribution is 6.32. The summed E-state index contributed by atoms with van der Waals surface area (Å²) < 4.78 is 5.56. The van der Waals surface area contributed by atoms with E-state index in [1.165, 1.54) is 12.3 Å². The molecule has 0 fully saturated rings. The number of aromatic nitrogens is 1. The molecule has 0 unspecified atom stereocenters. The van der Waals surface area contributed by atoms with Crippen LogP contribution in [0.3, 0.4) is 0 Å². The number of nitrogens with zero attached hydrogens (tertiary/aromatic N) is 1. The predicted molar refractivity (Wildman–Crippen MR) is 77.2 cm³/mol. The summed E-state index contributed by atoms with van der Waals surface area (Å²) in [5, 5.41) is 9.05. The third-order valence-electron chi connectivity index (χ3n) is 2.48. The smallest absolute Gasteiger partial charge is 0.328 e. The van der Waals surface area contributed by atoms with Gasteiger partial charge < -0.3 is 9.84 Å². The van der Waals surface area contributed by atoms with Gasteiger partial charge >= 0.3 is 5.97 Å². The van der Waals surface area contributed by atoms with Gasteiger partial charge in [-0.3, -0.25) is 0 Å². The molecule has 0 radical (unpaired) electrons. The van der Waals surface area contributed by atoms with E-state index < -0.39 is 5.97 Å². The number of halogens is 1. The van der Waals surface area contributed by atoms with Crippen LogP contribution in [0.1, 0.15) is 11.1 Å². The Bertz CT molecular complexity index is 651. The number of carboxylic acids is 1. The minimum Gasteiger partial charge on any atom is -0.478 e. The molecule has 2 aromatic rings. The zero-order chi connectivity index (χ0) is 14.5. The minimum atomic E-state index is -1.00. The normalized spacial score (nSPS) is 10.7. The second-order valence-electron chi connectivity index (χ2n) is 4.14. The molecule has 0 saturated heterocycles. The van der Waals surface area contributed by atoms with Crippen molar-refractivity contribution in [1.29, 1.82) is 0 Å². The molecule has 0 aliphatic carbocycles. The molecule has 0 aliphatic heterocycles. The van der Waals surface area contributed by atoms with Gasteiger partial charge in [-0.1, -0.05) is 17.7 Å². The van der Waals surface area contributed by atoms with Crippen LogP contribution < -0.4 is 4.74 Å². The highest BCUT2D eigenvalue weighted by atomic mass is 35.5. The Labute approximate surface area is 121 Å². The average Bonchev–Trinajstić information content (AvgIpc) is 2.41. The van der Waals surface area contributed by atoms with E-state index in [1.807, 2.05) is 13.0 Å². The molecule has 1 aromatic heterocycles. The number of ether oxygens (including phenoxy) is 1. The van der Waals surface area contributed by atoms with E-state index in [4.69, 9.17) is 21.4 Å². The van der Waals surface area contributed by atoms with Crippen molar-refractivity contribution in [3.05, 3.63) is 58.8 Å². The van der Waals surface area contributed by atoms with E-state index in [2.05, 4.69) is 4.98 Å². The summed E-state index contributed by atoms with van der Waals surface area (Å²) in [7, 11) is 0. The van der Waals surface area contributed by atoms with Crippen molar-refractivity contribution in [3.8, 4) is 11.6 Å². The Hall–Kier alpha value is -2.33. The SMILES string of the molecule is Cc1ccc(Oc2ccc(/C=C/C(=O)O)cn2)c(Cl)c1. The zero-order valence-corrected chi connectivity index (χ0v) is 11.5. The van der Waals surface area contributed by atoms with E-state index >= 15 is 0 Å². The van der Waals surface area contributed by atoms with Crippen LogP contribution in [0.25, 0.3) is 6.08 Å². The highest BCUT2D eigenvalue weighted by Gasteiger charge is 2.04. The molecule has 5 heteroatoms. The topological polar surface area (TPSA) is 59.4 Å². The van der Waals surface area contributed by atoms with Crippen molar-refractivity contribution in [2.45, 2.75) is 6.92 Å². The maximum Gasteiger partial charge on any atom is 0.328 e. The van der Waals surface area contributed by atoms with Crippen molar-refractivity contribution >= 4 is 23.6 Å². The molecule has 0 amide bonds. The lowest BCUT2D eigenvalue weighted by Crippen LogP contribution is -1.90. The maximum atomic E-state index is 10.4. The van der Waals surface area contributed by atoms with Crippen LogP contribution in [-0.2, 0) is 4.79 Å². The van der Waals surface area contributed by atoms with Gasteiger partial charge in [-0.25, -0.2) is 9.78 Å². The molecule has 102 valence electrons. The highest BCUT2D eigenvalue weighted by Crippen LogP contribution is 2.29. The van der Waals surface area contributed by atoms with Crippen LogP contribution in [0.15, 0.2) is 42.6 Å². The van der Waals surface area contributed by atoms with Gasteiger partial charge in [0.05, 0.1) is 5.02 Å². The van der Waals surface area contributed by atoms with Gasteiger partial charge in [-0.05, 0) is 42.3 Å². The lowest BCUT2D eigenvalue weighted by atomic mass is 10.2. The van der Waals surface area contributed by atoms with Crippen LogP contribution in [0.4, 0.5) is 0 Å². The second kappa shape index (κ2) is 6.21. The fraction of sp³-hybridized carbons (Fsp3) is 0.0667. The summed E-state index contributed by atoms with van der Waals surface area (Å²) in [6.07, 6.45) is 4.03. The molecular formula is C15H12ClNO3. The van der Waals surface area contributed by atoms with Gasteiger partial charge in [0.25, 0.3) is 0 Å². The molecule has 1 N–H and O–H groups in total. The molecule has 0 saturated carbocycles. The molecular weight excluding hydrogens is 278 g/mol. The molecule has 4 nitrogen and oxygen atoms in total. The van der Waals surface area contributed by atoms with Gasteiger partial charge in [-0.15, -0.1) is 0 Å². The number of hydrogen-bond acceptors (Lipinski definition) is 3. The van der Waals surface area contributed by atoms with Crippen molar-refractivity contribution in [3.63, 3.8) is 0 Å². The lowest BCUT2D eigenvalue weighted by molar-refractivity contribution is -0.131. The van der Waals surface area contributed by atoms with Gasteiger partial charge in [0.2, 0.25) is 5.88 Å².